The summed E-state index contributed by atoms with van der Waals surface area (Å²) in [5, 5.41) is 5.30. The Balaban J connectivity index is 2.11. The Labute approximate surface area is 157 Å². The minimum Gasteiger partial charge on any atom is -0.468 e. The van der Waals surface area contributed by atoms with E-state index < -0.39 is 34.1 Å². The first kappa shape index (κ1) is 20.3. The summed E-state index contributed by atoms with van der Waals surface area (Å²) in [6.45, 7) is 3.76. The molecule has 142 valence electrons. The topological polar surface area (TPSA) is 93.7 Å². The Morgan fingerprint density at radius 3 is 2.42 bits per heavy atom. The lowest BCUT2D eigenvalue weighted by atomic mass is 10.0. The molecule has 2 N–H and O–H groups in total. The second kappa shape index (κ2) is 8.55. The molecule has 1 aliphatic rings. The highest BCUT2D eigenvalue weighted by Gasteiger charge is 2.50. The smallest absolute Gasteiger partial charge is 0.330 e. The molecule has 1 aromatic rings. The van der Waals surface area contributed by atoms with Crippen molar-refractivity contribution in [3.8, 4) is 0 Å². The summed E-state index contributed by atoms with van der Waals surface area (Å²) in [5.41, 5.74) is 0.841. The summed E-state index contributed by atoms with van der Waals surface area (Å²) < 4.78 is 9.16. The number of amides is 1. The first-order valence-corrected chi connectivity index (χ1v) is 9.09. The Kier molecular flexibility index (Phi) is 6.66. The number of methoxy groups -OCH3 is 2. The SMILES string of the molecule is COC(=O)[C@@H](NC(=O)Cc1ccccc1)[C@@H]1N[C@@H](C(=O)OC)C(C)(C)S1. The van der Waals surface area contributed by atoms with Gasteiger partial charge in [-0.3, -0.25) is 14.9 Å². The lowest BCUT2D eigenvalue weighted by molar-refractivity contribution is -0.146. The number of ether oxygens (including phenoxy) is 2. The van der Waals surface area contributed by atoms with Gasteiger partial charge >= 0.3 is 11.9 Å². The second-order valence-corrected chi connectivity index (χ2v) is 8.29. The average Bonchev–Trinajstić information content (AvgIpc) is 2.94. The molecular weight excluding hydrogens is 356 g/mol. The van der Waals surface area contributed by atoms with Crippen molar-refractivity contribution in [3.05, 3.63) is 35.9 Å². The Hall–Kier alpha value is -2.06. The molecule has 0 saturated carbocycles. The Bertz CT molecular complexity index is 665. The molecule has 0 bridgehead atoms. The molecule has 1 fully saturated rings. The van der Waals surface area contributed by atoms with Crippen LogP contribution in [0.4, 0.5) is 0 Å². The first-order chi connectivity index (χ1) is 12.3. The molecule has 0 unspecified atom stereocenters. The maximum atomic E-state index is 12.4. The third-order valence-corrected chi connectivity index (χ3v) is 5.68. The van der Waals surface area contributed by atoms with Gasteiger partial charge in [0.25, 0.3) is 0 Å². The number of thioether (sulfide) groups is 1. The molecule has 0 radical (unpaired) electrons. The van der Waals surface area contributed by atoms with Crippen molar-refractivity contribution in [3.63, 3.8) is 0 Å². The van der Waals surface area contributed by atoms with Crippen LogP contribution in [-0.2, 0) is 30.3 Å². The number of rotatable bonds is 6. The standard InChI is InChI=1S/C18H24N2O5S/c1-18(2)14(17(23)25-4)20-15(26-18)13(16(22)24-3)19-12(21)10-11-8-6-5-7-9-11/h5-9,13-15,20H,10H2,1-4H3,(H,19,21)/t13-,14-,15+/m0/s1. The van der Waals surface area contributed by atoms with Crippen LogP contribution in [0.5, 0.6) is 0 Å². The van der Waals surface area contributed by atoms with Crippen LogP contribution in [0.1, 0.15) is 19.4 Å². The maximum Gasteiger partial charge on any atom is 0.330 e. The van der Waals surface area contributed by atoms with Gasteiger partial charge < -0.3 is 14.8 Å². The van der Waals surface area contributed by atoms with Crippen LogP contribution in [0.25, 0.3) is 0 Å². The van der Waals surface area contributed by atoms with Gasteiger partial charge in [-0.05, 0) is 19.4 Å². The zero-order valence-electron chi connectivity index (χ0n) is 15.3. The first-order valence-electron chi connectivity index (χ1n) is 8.21. The molecule has 2 rings (SSSR count). The van der Waals surface area contributed by atoms with Crippen molar-refractivity contribution in [1.29, 1.82) is 0 Å². The van der Waals surface area contributed by atoms with Crippen LogP contribution < -0.4 is 10.6 Å². The van der Waals surface area contributed by atoms with E-state index >= 15 is 0 Å². The van der Waals surface area contributed by atoms with Crippen LogP contribution >= 0.6 is 11.8 Å². The van der Waals surface area contributed by atoms with E-state index in [1.54, 1.807) is 0 Å². The summed E-state index contributed by atoms with van der Waals surface area (Å²) in [5.74, 6) is -1.28. The fourth-order valence-corrected chi connectivity index (χ4v) is 4.29. The molecular formula is C18H24N2O5S. The molecule has 1 aromatic carbocycles. The predicted molar refractivity (Wildman–Crippen MR) is 98.5 cm³/mol. The number of carbonyl (C=O) groups excluding carboxylic acids is 3. The minimum atomic E-state index is -0.921. The highest BCUT2D eigenvalue weighted by Crippen LogP contribution is 2.39. The molecule has 26 heavy (non-hydrogen) atoms. The van der Waals surface area contributed by atoms with Gasteiger partial charge in [0.1, 0.15) is 6.04 Å². The van der Waals surface area contributed by atoms with Crippen LogP contribution in [0.3, 0.4) is 0 Å². The summed E-state index contributed by atoms with van der Waals surface area (Å²) >= 11 is 1.39. The predicted octanol–water partition coefficient (Wildman–Crippen LogP) is 0.870. The van der Waals surface area contributed by atoms with Crippen LogP contribution in [0, 0.1) is 0 Å². The van der Waals surface area contributed by atoms with Crippen molar-refractivity contribution in [2.45, 2.75) is 42.5 Å². The number of carbonyl (C=O) groups is 3. The number of hydrogen-bond acceptors (Lipinski definition) is 7. The molecule has 1 saturated heterocycles. The van der Waals surface area contributed by atoms with E-state index in [-0.39, 0.29) is 12.3 Å². The molecule has 3 atom stereocenters. The lowest BCUT2D eigenvalue weighted by Gasteiger charge is -2.23. The summed E-state index contributed by atoms with van der Waals surface area (Å²) in [7, 11) is 2.58. The fraction of sp³-hybridized carbons (Fsp3) is 0.500. The normalized spacial score (nSPS) is 22.3. The lowest BCUT2D eigenvalue weighted by Crippen LogP contribution is -2.54. The van der Waals surface area contributed by atoms with Crippen molar-refractivity contribution in [1.82, 2.24) is 10.6 Å². The average molecular weight is 380 g/mol. The number of benzene rings is 1. The van der Waals surface area contributed by atoms with Crippen LogP contribution in [-0.4, -0.2) is 54.3 Å². The van der Waals surface area contributed by atoms with Gasteiger partial charge in [0.2, 0.25) is 5.91 Å². The number of esters is 2. The van der Waals surface area contributed by atoms with Gasteiger partial charge in [-0.2, -0.15) is 0 Å². The van der Waals surface area contributed by atoms with Crippen molar-refractivity contribution in [2.75, 3.05) is 14.2 Å². The van der Waals surface area contributed by atoms with Crippen LogP contribution in [0.2, 0.25) is 0 Å². The van der Waals surface area contributed by atoms with E-state index in [0.29, 0.717) is 0 Å². The van der Waals surface area contributed by atoms with Crippen molar-refractivity contribution in [2.24, 2.45) is 0 Å². The van der Waals surface area contributed by atoms with Crippen LogP contribution in [0.15, 0.2) is 30.3 Å². The molecule has 8 heteroatoms. The van der Waals surface area contributed by atoms with Gasteiger partial charge in [0.05, 0.1) is 26.0 Å². The molecule has 1 heterocycles. The zero-order chi connectivity index (χ0) is 19.3. The van der Waals surface area contributed by atoms with Gasteiger partial charge in [-0.25, -0.2) is 4.79 Å². The number of nitrogens with one attached hydrogen (secondary N) is 2. The van der Waals surface area contributed by atoms with Gasteiger partial charge in [0.15, 0.2) is 6.04 Å². The van der Waals surface area contributed by atoms with Gasteiger partial charge in [0, 0.05) is 4.75 Å². The van der Waals surface area contributed by atoms with E-state index in [0.717, 1.165) is 5.56 Å². The largest absolute Gasteiger partial charge is 0.468 e. The number of hydrogen-bond donors (Lipinski definition) is 2. The third-order valence-electron chi connectivity index (χ3n) is 4.18. The molecule has 0 aromatic heterocycles. The monoisotopic (exact) mass is 380 g/mol. The van der Waals surface area contributed by atoms with Gasteiger partial charge in [-0.1, -0.05) is 30.3 Å². The van der Waals surface area contributed by atoms with E-state index in [2.05, 4.69) is 10.6 Å². The highest BCUT2D eigenvalue weighted by molar-refractivity contribution is 8.01. The summed E-state index contributed by atoms with van der Waals surface area (Å²) in [6.07, 6.45) is 0.148. The molecule has 0 aliphatic carbocycles. The second-order valence-electron chi connectivity index (χ2n) is 6.50. The minimum absolute atomic E-state index is 0.148. The fourth-order valence-electron chi connectivity index (χ4n) is 2.82. The molecule has 0 spiro atoms. The van der Waals surface area contributed by atoms with E-state index in [1.165, 1.54) is 26.0 Å². The third kappa shape index (κ3) is 4.76. The van der Waals surface area contributed by atoms with Gasteiger partial charge in [-0.15, -0.1) is 11.8 Å². The molecule has 1 amide bonds. The maximum absolute atomic E-state index is 12.4. The van der Waals surface area contributed by atoms with Crippen molar-refractivity contribution < 1.29 is 23.9 Å². The summed E-state index contributed by atoms with van der Waals surface area (Å²) in [6, 6.07) is 7.72. The Morgan fingerprint density at radius 1 is 1.19 bits per heavy atom. The zero-order valence-corrected chi connectivity index (χ0v) is 16.1. The molecule has 1 aliphatic heterocycles. The van der Waals surface area contributed by atoms with E-state index in [1.807, 2.05) is 44.2 Å². The highest BCUT2D eigenvalue weighted by atomic mass is 32.2. The van der Waals surface area contributed by atoms with Crippen molar-refractivity contribution >= 4 is 29.6 Å². The summed E-state index contributed by atoms with van der Waals surface area (Å²) in [4.78, 5) is 36.6. The quantitative estimate of drug-likeness (QED) is 0.707. The Morgan fingerprint density at radius 2 is 1.85 bits per heavy atom. The van der Waals surface area contributed by atoms with E-state index in [9.17, 15) is 14.4 Å². The van der Waals surface area contributed by atoms with E-state index in [4.69, 9.17) is 9.47 Å². The molecule has 7 nitrogen and oxygen atoms in total.